The molecule has 0 aliphatic heterocycles. The third-order valence-corrected chi connectivity index (χ3v) is 6.28. The third kappa shape index (κ3) is 8.59. The fourth-order valence-corrected chi connectivity index (χ4v) is 4.64. The Morgan fingerprint density at radius 3 is 2.35 bits per heavy atom. The van der Waals surface area contributed by atoms with E-state index in [1.165, 1.54) is 0 Å². The second-order valence-electron chi connectivity index (χ2n) is 11.3. The summed E-state index contributed by atoms with van der Waals surface area (Å²) in [4.78, 5) is 28.1. The van der Waals surface area contributed by atoms with Gasteiger partial charge in [0, 0.05) is 24.6 Å². The summed E-state index contributed by atoms with van der Waals surface area (Å²) < 4.78 is 1.75. The van der Waals surface area contributed by atoms with Gasteiger partial charge in [0.15, 0.2) is 0 Å². The van der Waals surface area contributed by atoms with Crippen molar-refractivity contribution in [2.75, 3.05) is 18.4 Å². The van der Waals surface area contributed by atoms with E-state index in [1.54, 1.807) is 9.58 Å². The van der Waals surface area contributed by atoms with Gasteiger partial charge in [0.05, 0.1) is 17.9 Å². The summed E-state index contributed by atoms with van der Waals surface area (Å²) in [5.41, 5.74) is 3.91. The van der Waals surface area contributed by atoms with Gasteiger partial charge in [-0.25, -0.2) is 4.68 Å². The molecule has 3 aromatic rings. The molecule has 1 atom stereocenters. The number of nitrogens with zero attached hydrogens (tertiary/aromatic N) is 3. The summed E-state index contributed by atoms with van der Waals surface area (Å²) in [5, 5.41) is 7.83. The number of aryl methyl sites for hydroxylation is 1. The van der Waals surface area contributed by atoms with E-state index in [-0.39, 0.29) is 29.7 Å². The molecule has 0 aliphatic rings. The molecule has 0 fully saturated rings. The quantitative estimate of drug-likeness (QED) is 0.311. The predicted molar refractivity (Wildman–Crippen MR) is 152 cm³/mol. The minimum absolute atomic E-state index is 0.0286. The van der Waals surface area contributed by atoms with Crippen LogP contribution in [0, 0.1) is 18.3 Å². The molecular weight excluding hydrogens is 460 g/mol. The van der Waals surface area contributed by atoms with Crippen LogP contribution >= 0.6 is 0 Å². The standard InChI is InChI=1S/C31H42N4O2/c1-7-8-18-34(30(37)19-24(3)21-31(4,5)6)22-29(36)32-28-20-27(25-12-10-9-11-13-25)33-35(28)26-16-14-23(2)15-17-26/h9-17,20,24H,7-8,18-19,21-22H2,1-6H3,(H,32,36). The normalized spacial score (nSPS) is 12.3. The number of hydrogen-bond donors (Lipinski definition) is 1. The van der Waals surface area contributed by atoms with Crippen LogP contribution in [0.4, 0.5) is 5.82 Å². The highest BCUT2D eigenvalue weighted by Gasteiger charge is 2.23. The summed E-state index contributed by atoms with van der Waals surface area (Å²) in [6.07, 6.45) is 3.24. The van der Waals surface area contributed by atoms with Crippen molar-refractivity contribution in [3.05, 3.63) is 66.2 Å². The first-order valence-electron chi connectivity index (χ1n) is 13.4. The molecule has 0 saturated carbocycles. The molecule has 0 spiro atoms. The molecular formula is C31H42N4O2. The molecule has 1 unspecified atom stereocenters. The minimum Gasteiger partial charge on any atom is -0.333 e. The Kier molecular flexibility index (Phi) is 9.67. The zero-order chi connectivity index (χ0) is 27.0. The van der Waals surface area contributed by atoms with Crippen LogP contribution in [0.3, 0.4) is 0 Å². The average molecular weight is 503 g/mol. The molecule has 1 N–H and O–H groups in total. The van der Waals surface area contributed by atoms with Crippen LogP contribution in [0.25, 0.3) is 16.9 Å². The van der Waals surface area contributed by atoms with E-state index in [1.807, 2.05) is 67.6 Å². The van der Waals surface area contributed by atoms with E-state index >= 15 is 0 Å². The Balaban J connectivity index is 1.80. The lowest BCUT2D eigenvalue weighted by atomic mass is 9.84. The molecule has 1 heterocycles. The van der Waals surface area contributed by atoms with Gasteiger partial charge in [-0.2, -0.15) is 5.10 Å². The lowest BCUT2D eigenvalue weighted by Gasteiger charge is -2.26. The van der Waals surface area contributed by atoms with E-state index in [0.717, 1.165) is 41.8 Å². The van der Waals surface area contributed by atoms with Crippen LogP contribution in [0.2, 0.25) is 0 Å². The van der Waals surface area contributed by atoms with Crippen molar-refractivity contribution >= 4 is 17.6 Å². The highest BCUT2D eigenvalue weighted by atomic mass is 16.2. The number of aromatic nitrogens is 2. The topological polar surface area (TPSA) is 67.2 Å². The van der Waals surface area contributed by atoms with Gasteiger partial charge in [-0.1, -0.05) is 89.1 Å². The minimum atomic E-state index is -0.221. The summed E-state index contributed by atoms with van der Waals surface area (Å²) in [5.74, 6) is 0.658. The largest absolute Gasteiger partial charge is 0.333 e. The lowest BCUT2D eigenvalue weighted by Crippen LogP contribution is -2.39. The lowest BCUT2D eigenvalue weighted by molar-refractivity contribution is -0.135. The fourth-order valence-electron chi connectivity index (χ4n) is 4.64. The van der Waals surface area contributed by atoms with Crippen molar-refractivity contribution in [1.82, 2.24) is 14.7 Å². The number of nitrogens with one attached hydrogen (secondary N) is 1. The number of benzene rings is 2. The van der Waals surface area contributed by atoms with Gasteiger partial charge in [-0.15, -0.1) is 0 Å². The first kappa shape index (κ1) is 28.2. The van der Waals surface area contributed by atoms with Gasteiger partial charge in [0.2, 0.25) is 11.8 Å². The molecule has 0 bridgehead atoms. The maximum atomic E-state index is 13.2. The Labute approximate surface area is 222 Å². The van der Waals surface area contributed by atoms with Crippen molar-refractivity contribution in [2.24, 2.45) is 11.3 Å². The van der Waals surface area contributed by atoms with Crippen molar-refractivity contribution in [3.63, 3.8) is 0 Å². The number of anilines is 1. The van der Waals surface area contributed by atoms with E-state index in [2.05, 4.69) is 39.9 Å². The maximum Gasteiger partial charge on any atom is 0.245 e. The van der Waals surface area contributed by atoms with E-state index in [9.17, 15) is 9.59 Å². The second-order valence-corrected chi connectivity index (χ2v) is 11.3. The van der Waals surface area contributed by atoms with Crippen molar-refractivity contribution < 1.29 is 9.59 Å². The van der Waals surface area contributed by atoms with Crippen molar-refractivity contribution in [2.45, 2.75) is 67.2 Å². The third-order valence-electron chi connectivity index (χ3n) is 6.28. The Hall–Kier alpha value is -3.41. The van der Waals surface area contributed by atoms with Crippen LogP contribution in [0.15, 0.2) is 60.7 Å². The highest BCUT2D eigenvalue weighted by Crippen LogP contribution is 2.27. The number of carbonyl (C=O) groups is 2. The van der Waals surface area contributed by atoms with Gasteiger partial charge in [0.25, 0.3) is 0 Å². The summed E-state index contributed by atoms with van der Waals surface area (Å²) in [6, 6.07) is 19.8. The van der Waals surface area contributed by atoms with Gasteiger partial charge < -0.3 is 10.2 Å². The molecule has 6 nitrogen and oxygen atoms in total. The number of rotatable bonds is 11. The molecule has 6 heteroatoms. The summed E-state index contributed by atoms with van der Waals surface area (Å²) in [6.45, 7) is 13.4. The molecule has 3 rings (SSSR count). The molecule has 37 heavy (non-hydrogen) atoms. The predicted octanol–water partition coefficient (Wildman–Crippen LogP) is 6.88. The Bertz CT molecular complexity index is 1160. The van der Waals surface area contributed by atoms with Gasteiger partial charge >= 0.3 is 0 Å². The molecule has 2 aromatic carbocycles. The zero-order valence-electron chi connectivity index (χ0n) is 23.3. The molecule has 0 radical (unpaired) electrons. The summed E-state index contributed by atoms with van der Waals surface area (Å²) >= 11 is 0. The molecule has 198 valence electrons. The molecule has 1 aromatic heterocycles. The molecule has 0 aliphatic carbocycles. The smallest absolute Gasteiger partial charge is 0.245 e. The fraction of sp³-hybridized carbons (Fsp3) is 0.452. The van der Waals surface area contributed by atoms with Gasteiger partial charge in [-0.05, 0) is 43.2 Å². The second kappa shape index (κ2) is 12.7. The average Bonchev–Trinajstić information content (AvgIpc) is 3.25. The SMILES string of the molecule is CCCCN(CC(=O)Nc1cc(-c2ccccc2)nn1-c1ccc(C)cc1)C(=O)CC(C)CC(C)(C)C. The summed E-state index contributed by atoms with van der Waals surface area (Å²) in [7, 11) is 0. The van der Waals surface area contributed by atoms with Crippen molar-refractivity contribution in [1.29, 1.82) is 0 Å². The number of hydrogen-bond acceptors (Lipinski definition) is 3. The number of unbranched alkanes of at least 4 members (excludes halogenated alkanes) is 1. The number of amides is 2. The molecule has 0 saturated heterocycles. The number of carbonyl (C=O) groups excluding carboxylic acids is 2. The van der Waals surface area contributed by atoms with Crippen LogP contribution in [0.1, 0.15) is 65.9 Å². The van der Waals surface area contributed by atoms with Gasteiger partial charge in [0.1, 0.15) is 5.82 Å². The van der Waals surface area contributed by atoms with E-state index in [0.29, 0.717) is 18.8 Å². The van der Waals surface area contributed by atoms with Crippen LogP contribution in [0.5, 0.6) is 0 Å². The highest BCUT2D eigenvalue weighted by molar-refractivity contribution is 5.94. The first-order chi connectivity index (χ1) is 17.6. The Morgan fingerprint density at radius 1 is 1.05 bits per heavy atom. The van der Waals surface area contributed by atoms with Crippen LogP contribution in [-0.4, -0.2) is 39.6 Å². The maximum absolute atomic E-state index is 13.2. The van der Waals surface area contributed by atoms with Crippen LogP contribution in [-0.2, 0) is 9.59 Å². The first-order valence-corrected chi connectivity index (χ1v) is 13.4. The van der Waals surface area contributed by atoms with E-state index in [4.69, 9.17) is 5.10 Å². The Morgan fingerprint density at radius 2 is 1.73 bits per heavy atom. The zero-order valence-corrected chi connectivity index (χ0v) is 23.3. The van der Waals surface area contributed by atoms with Crippen LogP contribution < -0.4 is 5.32 Å². The molecule has 2 amide bonds. The monoisotopic (exact) mass is 502 g/mol. The van der Waals surface area contributed by atoms with E-state index < -0.39 is 0 Å². The van der Waals surface area contributed by atoms with Gasteiger partial charge in [-0.3, -0.25) is 9.59 Å². The van der Waals surface area contributed by atoms with Crippen molar-refractivity contribution in [3.8, 4) is 16.9 Å².